The predicted octanol–water partition coefficient (Wildman–Crippen LogP) is 4.23. The van der Waals surface area contributed by atoms with E-state index in [1.807, 2.05) is 31.2 Å². The second-order valence-electron chi connectivity index (χ2n) is 9.24. The van der Waals surface area contributed by atoms with Crippen LogP contribution in [0.3, 0.4) is 0 Å². The fraction of sp³-hybridized carbons (Fsp3) is 0.407. The van der Waals surface area contributed by atoms with Gasteiger partial charge in [0.05, 0.1) is 12.0 Å². The maximum atomic E-state index is 10.7. The normalized spacial score (nSPS) is 16.8. The van der Waals surface area contributed by atoms with Crippen molar-refractivity contribution in [3.63, 3.8) is 0 Å². The van der Waals surface area contributed by atoms with Crippen LogP contribution in [0.1, 0.15) is 31.2 Å². The number of aromatic nitrogens is 2. The molecule has 2 aromatic carbocycles. The Morgan fingerprint density at radius 3 is 2.76 bits per heavy atom. The molecule has 10 nitrogen and oxygen atoms in total. The number of hydrogen-bond acceptors (Lipinski definition) is 10. The standard InChI is InChI=1S/C27H29N3O7/c1-2-32-27-29-28-26(37-27)25-13-20-21(4-3-5-22(20)36-25)33-15-19(31)14-30-10-8-17(9-11-30)18-6-7-23-24(12-18)35-16-34-23/h3-7,12-13,17,19,31H,2,8-11,14-16H2,1H3. The van der Waals surface area contributed by atoms with Gasteiger partial charge in [-0.05, 0) is 68.6 Å². The largest absolute Gasteiger partial charge is 0.490 e. The van der Waals surface area contributed by atoms with Crippen LogP contribution < -0.4 is 18.9 Å². The zero-order chi connectivity index (χ0) is 25.2. The van der Waals surface area contributed by atoms with Gasteiger partial charge in [-0.3, -0.25) is 0 Å². The summed E-state index contributed by atoms with van der Waals surface area (Å²) in [5.74, 6) is 3.41. The highest BCUT2D eigenvalue weighted by Crippen LogP contribution is 2.37. The van der Waals surface area contributed by atoms with Crippen LogP contribution in [0.4, 0.5) is 0 Å². The summed E-state index contributed by atoms with van der Waals surface area (Å²) in [6, 6.07) is 13.6. The number of furan rings is 1. The zero-order valence-electron chi connectivity index (χ0n) is 20.6. The Hall–Kier alpha value is -3.76. The number of piperidine rings is 1. The maximum Gasteiger partial charge on any atom is 0.415 e. The van der Waals surface area contributed by atoms with Crippen molar-refractivity contribution < 1.29 is 32.9 Å². The first kappa shape index (κ1) is 23.6. The molecular weight excluding hydrogens is 478 g/mol. The van der Waals surface area contributed by atoms with Gasteiger partial charge < -0.3 is 37.8 Å². The second-order valence-corrected chi connectivity index (χ2v) is 9.24. The minimum Gasteiger partial charge on any atom is -0.490 e. The summed E-state index contributed by atoms with van der Waals surface area (Å²) in [6.07, 6.45) is 1.54. The van der Waals surface area contributed by atoms with Crippen molar-refractivity contribution in [2.45, 2.75) is 31.8 Å². The van der Waals surface area contributed by atoms with Gasteiger partial charge in [0.2, 0.25) is 6.79 Å². The lowest BCUT2D eigenvalue weighted by Gasteiger charge is -2.33. The van der Waals surface area contributed by atoms with Gasteiger partial charge in [-0.1, -0.05) is 17.2 Å². The summed E-state index contributed by atoms with van der Waals surface area (Å²) >= 11 is 0. The Bertz CT molecular complexity index is 1360. The average Bonchev–Trinajstić information content (AvgIpc) is 3.67. The molecule has 0 spiro atoms. The Labute approximate surface area is 213 Å². The van der Waals surface area contributed by atoms with Gasteiger partial charge >= 0.3 is 6.08 Å². The smallest absolute Gasteiger partial charge is 0.415 e. The topological polar surface area (TPSA) is 112 Å². The van der Waals surface area contributed by atoms with Gasteiger partial charge in [0.15, 0.2) is 17.3 Å². The van der Waals surface area contributed by atoms with Crippen molar-refractivity contribution >= 4 is 11.0 Å². The minimum absolute atomic E-state index is 0.0949. The molecule has 37 heavy (non-hydrogen) atoms. The number of ether oxygens (including phenoxy) is 4. The monoisotopic (exact) mass is 507 g/mol. The molecule has 194 valence electrons. The molecule has 4 heterocycles. The number of aliphatic hydroxyl groups excluding tert-OH is 1. The third-order valence-corrected chi connectivity index (χ3v) is 6.76. The first-order valence-corrected chi connectivity index (χ1v) is 12.6. The summed E-state index contributed by atoms with van der Waals surface area (Å²) in [5.41, 5.74) is 1.92. The Balaban J connectivity index is 1.03. The fourth-order valence-electron chi connectivity index (χ4n) is 4.91. The van der Waals surface area contributed by atoms with Crippen LogP contribution in [0.5, 0.6) is 23.3 Å². The molecule has 2 aliphatic rings. The van der Waals surface area contributed by atoms with Crippen LogP contribution in [0, 0.1) is 0 Å². The number of fused-ring (bicyclic) bond motifs is 2. The van der Waals surface area contributed by atoms with E-state index in [0.717, 1.165) is 42.8 Å². The van der Waals surface area contributed by atoms with Crippen LogP contribution in [-0.4, -0.2) is 65.9 Å². The highest BCUT2D eigenvalue weighted by molar-refractivity contribution is 5.87. The molecule has 1 fully saturated rings. The van der Waals surface area contributed by atoms with E-state index >= 15 is 0 Å². The Morgan fingerprint density at radius 2 is 1.89 bits per heavy atom. The average molecular weight is 508 g/mol. The van der Waals surface area contributed by atoms with Crippen LogP contribution in [0.15, 0.2) is 51.3 Å². The molecule has 6 rings (SSSR count). The number of β-amino-alcohol motifs (C(OH)–C–C–N with tert-alkyl or cyclic N) is 1. The number of aliphatic hydroxyl groups is 1. The zero-order valence-corrected chi connectivity index (χ0v) is 20.6. The molecule has 1 unspecified atom stereocenters. The first-order chi connectivity index (χ1) is 18.2. The molecule has 1 saturated heterocycles. The van der Waals surface area contributed by atoms with Gasteiger partial charge in [-0.15, -0.1) is 5.10 Å². The molecule has 2 aliphatic heterocycles. The molecule has 1 atom stereocenters. The molecule has 0 amide bonds. The van der Waals surface area contributed by atoms with Crippen LogP contribution in [0.25, 0.3) is 22.6 Å². The van der Waals surface area contributed by atoms with Crippen molar-refractivity contribution in [3.05, 3.63) is 48.0 Å². The Kier molecular flexibility index (Phi) is 6.58. The van der Waals surface area contributed by atoms with E-state index in [1.54, 1.807) is 6.07 Å². The third kappa shape index (κ3) is 5.07. The summed E-state index contributed by atoms with van der Waals surface area (Å²) in [6.45, 7) is 5.14. The highest BCUT2D eigenvalue weighted by Gasteiger charge is 2.24. The lowest BCUT2D eigenvalue weighted by atomic mass is 9.89. The SMILES string of the molecule is CCOc1nnc(-c2cc3c(OCC(O)CN4CCC(c5ccc6c(c5)OCO6)CC4)cccc3o2)o1. The third-order valence-electron chi connectivity index (χ3n) is 6.76. The number of hydrogen-bond donors (Lipinski definition) is 1. The Morgan fingerprint density at radius 1 is 1.03 bits per heavy atom. The van der Waals surface area contributed by atoms with Crippen molar-refractivity contribution in [1.82, 2.24) is 15.1 Å². The van der Waals surface area contributed by atoms with Gasteiger partial charge in [-0.25, -0.2) is 0 Å². The lowest BCUT2D eigenvalue weighted by Crippen LogP contribution is -2.40. The lowest BCUT2D eigenvalue weighted by molar-refractivity contribution is 0.0599. The van der Waals surface area contributed by atoms with E-state index < -0.39 is 6.10 Å². The van der Waals surface area contributed by atoms with Crippen molar-refractivity contribution in [2.75, 3.05) is 39.6 Å². The maximum absolute atomic E-state index is 10.7. The van der Waals surface area contributed by atoms with Crippen LogP contribution >= 0.6 is 0 Å². The van der Waals surface area contributed by atoms with Crippen molar-refractivity contribution in [2.24, 2.45) is 0 Å². The molecule has 1 N–H and O–H groups in total. The van der Waals surface area contributed by atoms with Crippen LogP contribution in [-0.2, 0) is 0 Å². The summed E-state index contributed by atoms with van der Waals surface area (Å²) in [5, 5.41) is 19.3. The molecular formula is C27H29N3O7. The molecule has 0 bridgehead atoms. The van der Waals surface area contributed by atoms with Gasteiger partial charge in [0, 0.05) is 12.6 Å². The van der Waals surface area contributed by atoms with E-state index in [2.05, 4.69) is 27.2 Å². The van der Waals surface area contributed by atoms with E-state index in [0.29, 0.717) is 43.0 Å². The molecule has 2 aromatic heterocycles. The first-order valence-electron chi connectivity index (χ1n) is 12.6. The van der Waals surface area contributed by atoms with E-state index in [-0.39, 0.29) is 18.6 Å². The van der Waals surface area contributed by atoms with Crippen molar-refractivity contribution in [3.8, 4) is 35.0 Å². The van der Waals surface area contributed by atoms with Crippen LogP contribution in [0.2, 0.25) is 0 Å². The second kappa shape index (κ2) is 10.3. The number of likely N-dealkylation sites (tertiary alicyclic amines) is 1. The predicted molar refractivity (Wildman–Crippen MR) is 133 cm³/mol. The molecule has 10 heteroatoms. The molecule has 0 saturated carbocycles. The molecule has 4 aromatic rings. The minimum atomic E-state index is -0.617. The van der Waals surface area contributed by atoms with Gasteiger partial charge in [0.1, 0.15) is 24.0 Å². The van der Waals surface area contributed by atoms with E-state index in [1.165, 1.54) is 5.56 Å². The van der Waals surface area contributed by atoms with Gasteiger partial charge in [-0.2, -0.15) is 0 Å². The number of nitrogens with zero attached hydrogens (tertiary/aromatic N) is 3. The highest BCUT2D eigenvalue weighted by atomic mass is 16.7. The summed E-state index contributed by atoms with van der Waals surface area (Å²) in [4.78, 5) is 2.29. The quantitative estimate of drug-likeness (QED) is 0.353. The van der Waals surface area contributed by atoms with E-state index in [9.17, 15) is 5.11 Å². The number of rotatable bonds is 9. The molecule has 0 aliphatic carbocycles. The van der Waals surface area contributed by atoms with E-state index in [4.69, 9.17) is 27.8 Å². The van der Waals surface area contributed by atoms with Crippen molar-refractivity contribution in [1.29, 1.82) is 0 Å². The fourth-order valence-corrected chi connectivity index (χ4v) is 4.91. The number of benzene rings is 2. The van der Waals surface area contributed by atoms with Gasteiger partial charge in [0.25, 0.3) is 5.89 Å². The summed E-state index contributed by atoms with van der Waals surface area (Å²) in [7, 11) is 0. The molecule has 0 radical (unpaired) electrons. The summed E-state index contributed by atoms with van der Waals surface area (Å²) < 4.78 is 33.5.